The number of hydrogen-bond acceptors (Lipinski definition) is 7. The fourth-order valence-corrected chi connectivity index (χ4v) is 7.27. The van der Waals surface area contributed by atoms with Crippen molar-refractivity contribution in [3.8, 4) is 0 Å². The first-order valence-electron chi connectivity index (χ1n) is 10.9. The van der Waals surface area contributed by atoms with Crippen LogP contribution in [-0.2, 0) is 16.0 Å². The van der Waals surface area contributed by atoms with E-state index in [1.807, 2.05) is 18.2 Å². The molecule has 1 fully saturated rings. The first-order chi connectivity index (χ1) is 15.5. The average Bonchev–Trinajstić information content (AvgIpc) is 3.33. The molecular formula is C24H30O5S3. The van der Waals surface area contributed by atoms with Crippen molar-refractivity contribution < 1.29 is 24.9 Å². The molecule has 0 aliphatic heterocycles. The second-order valence-corrected chi connectivity index (χ2v) is 11.5. The Bertz CT molecular complexity index is 892. The number of aliphatic carboxylic acids is 1. The fourth-order valence-electron chi connectivity index (χ4n) is 3.95. The first-order valence-corrected chi connectivity index (χ1v) is 13.9. The van der Waals surface area contributed by atoms with Crippen molar-refractivity contribution in [3.63, 3.8) is 0 Å². The monoisotopic (exact) mass is 494 g/mol. The van der Waals surface area contributed by atoms with Gasteiger partial charge in [-0.05, 0) is 54.2 Å². The molecule has 32 heavy (non-hydrogen) atoms. The van der Waals surface area contributed by atoms with Gasteiger partial charge >= 0.3 is 5.97 Å². The maximum Gasteiger partial charge on any atom is 0.313 e. The molecule has 1 aliphatic rings. The molecular weight excluding hydrogens is 464 g/mol. The topological polar surface area (TPSA) is 94.8 Å². The number of allylic oxidation sites excluding steroid dienone is 1. The van der Waals surface area contributed by atoms with E-state index in [4.69, 9.17) is 5.11 Å². The van der Waals surface area contributed by atoms with E-state index in [1.165, 1.54) is 26.7 Å². The number of ketones is 1. The van der Waals surface area contributed by atoms with Crippen molar-refractivity contribution in [1.82, 2.24) is 0 Å². The molecule has 1 aromatic carbocycles. The number of aliphatic hydroxyl groups is 2. The van der Waals surface area contributed by atoms with Crippen molar-refractivity contribution in [2.45, 2.75) is 37.0 Å². The zero-order valence-corrected chi connectivity index (χ0v) is 20.3. The fraction of sp³-hybridized carbons (Fsp3) is 0.500. The minimum Gasteiger partial charge on any atom is -0.481 e. The van der Waals surface area contributed by atoms with Crippen LogP contribution in [0.15, 0.2) is 42.5 Å². The van der Waals surface area contributed by atoms with Crippen molar-refractivity contribution >= 4 is 56.7 Å². The molecule has 0 bridgehead atoms. The summed E-state index contributed by atoms with van der Waals surface area (Å²) < 4.78 is 1.25. The van der Waals surface area contributed by atoms with Crippen molar-refractivity contribution in [2.24, 2.45) is 11.8 Å². The number of thioether (sulfide) groups is 2. The number of carbonyl (C=O) groups is 2. The van der Waals surface area contributed by atoms with E-state index < -0.39 is 12.1 Å². The lowest BCUT2D eigenvalue weighted by Crippen LogP contribution is -2.21. The summed E-state index contributed by atoms with van der Waals surface area (Å²) in [6, 6.07) is 10.4. The number of rotatable bonds is 13. The molecule has 0 radical (unpaired) electrons. The van der Waals surface area contributed by atoms with Gasteiger partial charge in [0, 0.05) is 28.5 Å². The predicted molar refractivity (Wildman–Crippen MR) is 135 cm³/mol. The molecule has 1 unspecified atom stereocenters. The first kappa shape index (κ1) is 25.3. The molecule has 3 rings (SSSR count). The highest BCUT2D eigenvalue weighted by Gasteiger charge is 2.40. The van der Waals surface area contributed by atoms with Crippen LogP contribution in [0.1, 0.15) is 24.1 Å². The molecule has 0 saturated heterocycles. The average molecular weight is 495 g/mol. The number of aliphatic hydroxyl groups excluding tert-OH is 2. The number of fused-ring (bicyclic) bond motifs is 1. The lowest BCUT2D eigenvalue weighted by molar-refractivity contribution is -0.133. The van der Waals surface area contributed by atoms with Crippen LogP contribution in [0.2, 0.25) is 0 Å². The van der Waals surface area contributed by atoms with E-state index in [0.717, 1.165) is 24.3 Å². The summed E-state index contributed by atoms with van der Waals surface area (Å²) >= 11 is 4.73. The molecule has 1 aromatic heterocycles. The van der Waals surface area contributed by atoms with Gasteiger partial charge in [0.15, 0.2) is 0 Å². The Kier molecular flexibility index (Phi) is 10.1. The standard InChI is InChI=1S/C24H30O5S3/c25-14-17-13-21(27)24(31-11-3-10-30-15-23(28)29)20(17)9-7-18(26)6-8-19-12-16-4-1-2-5-22(16)32-19/h1-2,4-5,7,9,12,17-18,20,24-26H,3,6,8,10-11,13-15H2,(H,28,29)/t17-,18?,20-,24+/m0/s1. The van der Waals surface area contributed by atoms with E-state index >= 15 is 0 Å². The highest BCUT2D eigenvalue weighted by molar-refractivity contribution is 8.01. The highest BCUT2D eigenvalue weighted by atomic mass is 32.2. The van der Waals surface area contributed by atoms with Gasteiger partial charge in [-0.25, -0.2) is 0 Å². The van der Waals surface area contributed by atoms with E-state index in [9.17, 15) is 19.8 Å². The van der Waals surface area contributed by atoms with Gasteiger partial charge in [-0.1, -0.05) is 30.4 Å². The number of thiophene rings is 1. The van der Waals surface area contributed by atoms with Crippen molar-refractivity contribution in [1.29, 1.82) is 0 Å². The molecule has 174 valence electrons. The van der Waals surface area contributed by atoms with Crippen LogP contribution < -0.4 is 0 Å². The third-order valence-electron chi connectivity index (χ3n) is 5.58. The van der Waals surface area contributed by atoms with Crippen LogP contribution in [0.3, 0.4) is 0 Å². The van der Waals surface area contributed by atoms with Crippen LogP contribution in [-0.4, -0.2) is 62.3 Å². The van der Waals surface area contributed by atoms with Gasteiger partial charge in [-0.2, -0.15) is 11.8 Å². The zero-order chi connectivity index (χ0) is 22.9. The lowest BCUT2D eigenvalue weighted by atomic mass is 9.95. The van der Waals surface area contributed by atoms with Gasteiger partial charge < -0.3 is 15.3 Å². The number of Topliss-reactive ketones (excluding diaryl/α,β-unsaturated/α-hetero) is 1. The Balaban J connectivity index is 1.49. The lowest BCUT2D eigenvalue weighted by Gasteiger charge is -2.19. The van der Waals surface area contributed by atoms with Crippen molar-refractivity contribution in [3.05, 3.63) is 47.4 Å². The third-order valence-corrected chi connectivity index (χ3v) is 9.25. The van der Waals surface area contributed by atoms with E-state index in [0.29, 0.717) is 12.8 Å². The van der Waals surface area contributed by atoms with E-state index in [2.05, 4.69) is 18.2 Å². The molecule has 8 heteroatoms. The number of hydrogen-bond donors (Lipinski definition) is 3. The van der Waals surface area contributed by atoms with Gasteiger partial charge in [0.2, 0.25) is 0 Å². The van der Waals surface area contributed by atoms with E-state index in [-0.39, 0.29) is 35.2 Å². The van der Waals surface area contributed by atoms with Gasteiger partial charge in [0.05, 0.1) is 17.1 Å². The Morgan fingerprint density at radius 2 is 2.09 bits per heavy atom. The molecule has 1 heterocycles. The number of carboxylic acid groups (broad SMARTS) is 1. The number of benzene rings is 1. The summed E-state index contributed by atoms with van der Waals surface area (Å²) in [6.45, 7) is -0.0375. The third kappa shape index (κ3) is 7.35. The summed E-state index contributed by atoms with van der Waals surface area (Å²) in [4.78, 5) is 24.3. The normalized spacial score (nSPS) is 22.2. The maximum absolute atomic E-state index is 12.5. The van der Waals surface area contributed by atoms with Crippen LogP contribution in [0.5, 0.6) is 0 Å². The molecule has 4 atom stereocenters. The van der Waals surface area contributed by atoms with Crippen LogP contribution in [0.4, 0.5) is 0 Å². The van der Waals surface area contributed by atoms with Gasteiger partial charge in [-0.15, -0.1) is 23.1 Å². The largest absolute Gasteiger partial charge is 0.481 e. The van der Waals surface area contributed by atoms with Crippen LogP contribution >= 0.6 is 34.9 Å². The van der Waals surface area contributed by atoms with Crippen LogP contribution in [0.25, 0.3) is 10.1 Å². The Labute approximate surface area is 201 Å². The second-order valence-electron chi connectivity index (χ2n) is 8.02. The summed E-state index contributed by atoms with van der Waals surface area (Å²) in [5.74, 6) is 0.790. The molecule has 1 aliphatic carbocycles. The zero-order valence-electron chi connectivity index (χ0n) is 17.9. The smallest absolute Gasteiger partial charge is 0.313 e. The van der Waals surface area contributed by atoms with Crippen LogP contribution in [0, 0.1) is 11.8 Å². The molecule has 0 spiro atoms. The van der Waals surface area contributed by atoms with Gasteiger partial charge in [0.1, 0.15) is 5.78 Å². The predicted octanol–water partition coefficient (Wildman–Crippen LogP) is 4.26. The quantitative estimate of drug-likeness (QED) is 0.283. The number of carbonyl (C=O) groups excluding carboxylic acids is 1. The van der Waals surface area contributed by atoms with E-state index in [1.54, 1.807) is 29.2 Å². The minimum atomic E-state index is -0.810. The molecule has 0 amide bonds. The Morgan fingerprint density at radius 1 is 1.28 bits per heavy atom. The Hall–Kier alpha value is -1.32. The molecule has 3 N–H and O–H groups in total. The summed E-state index contributed by atoms with van der Waals surface area (Å²) in [6.07, 6.45) is 5.75. The summed E-state index contributed by atoms with van der Waals surface area (Å²) in [7, 11) is 0. The molecule has 2 aromatic rings. The molecule has 1 saturated carbocycles. The summed E-state index contributed by atoms with van der Waals surface area (Å²) in [5.41, 5.74) is 0. The van der Waals surface area contributed by atoms with Gasteiger partial charge in [-0.3, -0.25) is 9.59 Å². The molecule has 5 nitrogen and oxygen atoms in total. The minimum absolute atomic E-state index is 0.0375. The van der Waals surface area contributed by atoms with Gasteiger partial charge in [0.25, 0.3) is 0 Å². The Morgan fingerprint density at radius 3 is 2.84 bits per heavy atom. The number of carboxylic acids is 1. The summed E-state index contributed by atoms with van der Waals surface area (Å²) in [5, 5.41) is 29.9. The van der Waals surface area contributed by atoms with Crippen molar-refractivity contribution in [2.75, 3.05) is 23.9 Å². The second kappa shape index (κ2) is 12.8. The highest BCUT2D eigenvalue weighted by Crippen LogP contribution is 2.38. The maximum atomic E-state index is 12.5. The SMILES string of the molecule is O=C(O)CSCCCS[C@H]1C(=O)C[C@@H](CO)[C@@H]1C=CC(O)CCc1cc2ccccc2s1. The number of aryl methyl sites for hydroxylation is 1.